The molecule has 1 aromatic rings. The topological polar surface area (TPSA) is 0 Å². The molecule has 2 rings (SSSR count). The molecular formula is C26H36. The summed E-state index contributed by atoms with van der Waals surface area (Å²) in [6, 6.07) is 8.72. The predicted octanol–water partition coefficient (Wildman–Crippen LogP) is 7.18. The molecule has 140 valence electrons. The molecule has 0 radical (unpaired) electrons. The molecule has 3 atom stereocenters. The Morgan fingerprint density at radius 2 is 2.00 bits per heavy atom. The fourth-order valence-corrected chi connectivity index (χ4v) is 3.98. The maximum Gasteiger partial charge on any atom is 0.0486 e. The molecule has 0 nitrogen and oxygen atoms in total. The highest BCUT2D eigenvalue weighted by Gasteiger charge is 2.57. The second kappa shape index (κ2) is 7.48. The average Bonchev–Trinajstić information content (AvgIpc) is 3.12. The Bertz CT molecular complexity index is 730. The lowest BCUT2D eigenvalue weighted by Gasteiger charge is -2.20. The summed E-state index contributed by atoms with van der Waals surface area (Å²) < 4.78 is 0. The molecule has 1 saturated carbocycles. The monoisotopic (exact) mass is 348 g/mol. The normalized spacial score (nSPS) is 23.2. The smallest absolute Gasteiger partial charge is 0.0486 e. The van der Waals surface area contributed by atoms with E-state index in [9.17, 15) is 0 Å². The quantitative estimate of drug-likeness (QED) is 0.377. The van der Waals surface area contributed by atoms with Crippen LogP contribution in [0.25, 0.3) is 0 Å². The number of rotatable bonds is 6. The maximum absolute atomic E-state index is 5.90. The minimum absolute atomic E-state index is 0.124. The molecule has 2 unspecified atom stereocenters. The number of hydrogen-bond donors (Lipinski definition) is 0. The van der Waals surface area contributed by atoms with Crippen molar-refractivity contribution in [3.8, 4) is 12.3 Å². The zero-order valence-corrected chi connectivity index (χ0v) is 17.8. The van der Waals surface area contributed by atoms with Gasteiger partial charge in [0, 0.05) is 5.92 Å². The van der Waals surface area contributed by atoms with Crippen molar-refractivity contribution in [2.24, 2.45) is 22.7 Å². The van der Waals surface area contributed by atoms with E-state index >= 15 is 0 Å². The van der Waals surface area contributed by atoms with Crippen LogP contribution in [0.4, 0.5) is 0 Å². The van der Waals surface area contributed by atoms with Crippen molar-refractivity contribution >= 4 is 0 Å². The summed E-state index contributed by atoms with van der Waals surface area (Å²) in [5.41, 5.74) is 5.89. The van der Waals surface area contributed by atoms with Gasteiger partial charge in [-0.3, -0.25) is 0 Å². The van der Waals surface area contributed by atoms with Crippen LogP contribution in [0.2, 0.25) is 0 Å². The van der Waals surface area contributed by atoms with Crippen molar-refractivity contribution in [2.75, 3.05) is 0 Å². The summed E-state index contributed by atoms with van der Waals surface area (Å²) in [4.78, 5) is 0. The molecule has 0 heteroatoms. The Labute approximate surface area is 161 Å². The summed E-state index contributed by atoms with van der Waals surface area (Å²) in [6.07, 6.45) is 10.3. The minimum Gasteiger partial charge on any atom is -0.119 e. The average molecular weight is 349 g/mol. The maximum atomic E-state index is 5.90. The van der Waals surface area contributed by atoms with Crippen molar-refractivity contribution < 1.29 is 0 Å². The van der Waals surface area contributed by atoms with Gasteiger partial charge in [0.15, 0.2) is 0 Å². The lowest BCUT2D eigenvalue weighted by Crippen LogP contribution is -2.07. The molecule has 0 saturated heterocycles. The third kappa shape index (κ3) is 4.32. The lowest BCUT2D eigenvalue weighted by atomic mass is 9.86. The highest BCUT2D eigenvalue weighted by Crippen LogP contribution is 2.63. The van der Waals surface area contributed by atoms with Crippen LogP contribution in [-0.2, 0) is 6.42 Å². The number of allylic oxidation sites excluding steroid dienone is 3. The van der Waals surface area contributed by atoms with Gasteiger partial charge in [-0.25, -0.2) is 0 Å². The van der Waals surface area contributed by atoms with Crippen LogP contribution in [0.15, 0.2) is 48.1 Å². The van der Waals surface area contributed by atoms with Crippen molar-refractivity contribution in [3.63, 3.8) is 0 Å². The van der Waals surface area contributed by atoms with Crippen molar-refractivity contribution in [1.29, 1.82) is 0 Å². The van der Waals surface area contributed by atoms with Crippen molar-refractivity contribution in [2.45, 2.75) is 67.2 Å². The lowest BCUT2D eigenvalue weighted by molar-refractivity contribution is 0.496. The highest BCUT2D eigenvalue weighted by atomic mass is 14.6. The first kappa shape index (κ1) is 20.6. The van der Waals surface area contributed by atoms with Gasteiger partial charge in [0.25, 0.3) is 0 Å². The molecule has 1 aliphatic carbocycles. The van der Waals surface area contributed by atoms with Crippen LogP contribution in [0, 0.1) is 35.0 Å². The molecule has 1 fully saturated rings. The van der Waals surface area contributed by atoms with Crippen molar-refractivity contribution in [3.05, 3.63) is 59.2 Å². The molecule has 0 aromatic heterocycles. The van der Waals surface area contributed by atoms with E-state index in [0.29, 0.717) is 11.8 Å². The van der Waals surface area contributed by atoms with E-state index in [1.165, 1.54) is 22.3 Å². The van der Waals surface area contributed by atoms with Crippen LogP contribution in [0.1, 0.15) is 71.9 Å². The van der Waals surface area contributed by atoms with E-state index in [4.69, 9.17) is 6.42 Å². The number of terminal acetylenes is 1. The Kier molecular flexibility index (Phi) is 5.92. The SMILES string of the molecule is C#C[C@@H](CC(=C)C1C(/C=C(\C)C(C)(C)C)C1(C)C)c1cccc(CC)c1. The zero-order chi connectivity index (χ0) is 19.7. The first-order chi connectivity index (χ1) is 12.0. The molecule has 0 N–H and O–H groups in total. The van der Waals surface area contributed by atoms with Crippen molar-refractivity contribution in [1.82, 2.24) is 0 Å². The van der Waals surface area contributed by atoms with E-state index in [1.54, 1.807) is 0 Å². The number of aryl methyl sites for hydroxylation is 1. The fraction of sp³-hybridized carbons (Fsp3) is 0.538. The summed E-state index contributed by atoms with van der Waals surface area (Å²) in [5.74, 6) is 4.25. The molecular weight excluding hydrogens is 312 g/mol. The summed E-state index contributed by atoms with van der Waals surface area (Å²) in [7, 11) is 0. The fourth-order valence-electron chi connectivity index (χ4n) is 3.98. The van der Waals surface area contributed by atoms with E-state index in [0.717, 1.165) is 12.8 Å². The number of benzene rings is 1. The van der Waals surface area contributed by atoms with Crippen LogP contribution in [-0.4, -0.2) is 0 Å². The molecule has 0 amide bonds. The molecule has 0 heterocycles. The zero-order valence-electron chi connectivity index (χ0n) is 17.8. The summed E-state index contributed by atoms with van der Waals surface area (Å²) in [5, 5.41) is 0. The standard InChI is InChI=1S/C26H36/c1-10-20-13-12-14-22(17-20)21(11-2)15-18(3)24-23(26(24,8)9)16-19(4)25(5,6)7/h2,12-14,16-17,21,23-24H,3,10,15H2,1,4-9H3/b19-16+/t21-,23?,24?/m0/s1. The third-order valence-electron chi connectivity index (χ3n) is 6.39. The second-order valence-corrected chi connectivity index (χ2v) is 9.60. The predicted molar refractivity (Wildman–Crippen MR) is 115 cm³/mol. The van der Waals surface area contributed by atoms with Gasteiger partial charge in [-0.2, -0.15) is 0 Å². The molecule has 0 bridgehead atoms. The third-order valence-corrected chi connectivity index (χ3v) is 6.39. The van der Waals surface area contributed by atoms with Gasteiger partial charge in [0.1, 0.15) is 0 Å². The second-order valence-electron chi connectivity index (χ2n) is 9.60. The minimum atomic E-state index is 0.124. The van der Waals surface area contributed by atoms with Crippen LogP contribution in [0.3, 0.4) is 0 Å². The molecule has 0 aliphatic heterocycles. The van der Waals surface area contributed by atoms with E-state index in [1.807, 2.05) is 0 Å². The summed E-state index contributed by atoms with van der Waals surface area (Å²) >= 11 is 0. The highest BCUT2D eigenvalue weighted by molar-refractivity contribution is 5.35. The van der Waals surface area contributed by atoms with Gasteiger partial charge >= 0.3 is 0 Å². The van der Waals surface area contributed by atoms with Crippen LogP contribution in [0.5, 0.6) is 0 Å². The molecule has 0 spiro atoms. The number of hydrogen-bond acceptors (Lipinski definition) is 0. The van der Waals surface area contributed by atoms with Gasteiger partial charge in [-0.15, -0.1) is 6.42 Å². The Morgan fingerprint density at radius 1 is 1.35 bits per heavy atom. The van der Waals surface area contributed by atoms with Gasteiger partial charge in [0.2, 0.25) is 0 Å². The first-order valence-electron chi connectivity index (χ1n) is 9.93. The van der Waals surface area contributed by atoms with E-state index < -0.39 is 0 Å². The van der Waals surface area contributed by atoms with E-state index in [-0.39, 0.29) is 16.7 Å². The molecule has 1 aromatic carbocycles. The van der Waals surface area contributed by atoms with Gasteiger partial charge < -0.3 is 0 Å². The molecule has 26 heavy (non-hydrogen) atoms. The van der Waals surface area contributed by atoms with Crippen LogP contribution < -0.4 is 0 Å². The van der Waals surface area contributed by atoms with Crippen LogP contribution >= 0.6 is 0 Å². The van der Waals surface area contributed by atoms with Gasteiger partial charge in [-0.1, -0.05) is 95.5 Å². The molecule has 1 aliphatic rings. The van der Waals surface area contributed by atoms with Gasteiger partial charge in [-0.05, 0) is 53.6 Å². The Hall–Kier alpha value is -1.74. The van der Waals surface area contributed by atoms with E-state index in [2.05, 4.69) is 91.3 Å². The van der Waals surface area contributed by atoms with Gasteiger partial charge in [0.05, 0.1) is 0 Å². The summed E-state index contributed by atoms with van der Waals surface area (Å²) in [6.45, 7) is 20.5. The first-order valence-corrected chi connectivity index (χ1v) is 9.93. The largest absolute Gasteiger partial charge is 0.119 e. The Balaban J connectivity index is 2.15. The Morgan fingerprint density at radius 3 is 2.54 bits per heavy atom.